The van der Waals surface area contributed by atoms with Gasteiger partial charge in [0.1, 0.15) is 5.69 Å². The highest BCUT2D eigenvalue weighted by atomic mass is 32.2. The number of nitro groups is 1. The van der Waals surface area contributed by atoms with Crippen LogP contribution in [0, 0.1) is 10.1 Å². The lowest BCUT2D eigenvalue weighted by Crippen LogP contribution is -2.42. The van der Waals surface area contributed by atoms with Crippen LogP contribution in [0.5, 0.6) is 0 Å². The summed E-state index contributed by atoms with van der Waals surface area (Å²) in [7, 11) is -3.76. The Morgan fingerprint density at radius 1 is 1.09 bits per heavy atom. The molecule has 1 N–H and O–H groups in total. The van der Waals surface area contributed by atoms with Gasteiger partial charge >= 0.3 is 0 Å². The molecule has 2 aliphatic heterocycles. The van der Waals surface area contributed by atoms with Crippen molar-refractivity contribution >= 4 is 27.3 Å². The van der Waals surface area contributed by atoms with Gasteiger partial charge in [-0.15, -0.1) is 0 Å². The van der Waals surface area contributed by atoms with Crippen molar-refractivity contribution in [2.45, 2.75) is 43.0 Å². The molecular formula is C21H26N4O6S. The molecule has 0 unspecified atom stereocenters. The van der Waals surface area contributed by atoms with Crippen LogP contribution < -0.4 is 5.32 Å². The number of hydrogen-bond donors (Lipinski definition) is 1. The molecule has 1 aromatic heterocycles. The molecule has 0 spiro atoms. The van der Waals surface area contributed by atoms with Crippen molar-refractivity contribution in [3.05, 3.63) is 52.5 Å². The van der Waals surface area contributed by atoms with E-state index in [0.717, 1.165) is 25.3 Å². The molecule has 32 heavy (non-hydrogen) atoms. The first kappa shape index (κ1) is 22.3. The van der Waals surface area contributed by atoms with Crippen LogP contribution in [0.1, 0.15) is 42.7 Å². The summed E-state index contributed by atoms with van der Waals surface area (Å²) in [6.45, 7) is 1.86. The highest BCUT2D eigenvalue weighted by Gasteiger charge is 2.30. The lowest BCUT2D eigenvalue weighted by molar-refractivity contribution is -0.384. The third-order valence-corrected chi connectivity index (χ3v) is 7.89. The van der Waals surface area contributed by atoms with Gasteiger partial charge in [-0.05, 0) is 49.9 Å². The Morgan fingerprint density at radius 3 is 2.44 bits per heavy atom. The fraction of sp³-hybridized carbons (Fsp3) is 0.476. The van der Waals surface area contributed by atoms with Gasteiger partial charge in [0.05, 0.1) is 16.1 Å². The SMILES string of the molecule is O=C(c1ccco1)N1CCC(Nc2ccc(S(=O)(=O)N3CCCCC3)cc2[N+](=O)[O-])CC1. The minimum Gasteiger partial charge on any atom is -0.459 e. The van der Waals surface area contributed by atoms with Gasteiger partial charge in [-0.25, -0.2) is 8.42 Å². The molecule has 172 valence electrons. The summed E-state index contributed by atoms with van der Waals surface area (Å²) < 4.78 is 32.4. The van der Waals surface area contributed by atoms with Crippen molar-refractivity contribution in [2.75, 3.05) is 31.5 Å². The lowest BCUT2D eigenvalue weighted by Gasteiger charge is -2.32. The Kier molecular flexibility index (Phi) is 6.47. The standard InChI is InChI=1S/C21H26N4O6S/c26-21(20-5-4-14-31-20)23-12-8-16(9-13-23)22-18-7-6-17(15-19(18)25(27)28)32(29,30)24-10-2-1-3-11-24/h4-7,14-16,22H,1-3,8-13H2. The molecule has 2 fully saturated rings. The molecule has 11 heteroatoms. The van der Waals surface area contributed by atoms with Crippen molar-refractivity contribution in [3.63, 3.8) is 0 Å². The van der Waals surface area contributed by atoms with Crippen LogP contribution in [-0.4, -0.2) is 60.7 Å². The zero-order valence-corrected chi connectivity index (χ0v) is 18.4. The molecule has 2 aliphatic rings. The highest BCUT2D eigenvalue weighted by Crippen LogP contribution is 2.31. The number of sulfonamides is 1. The largest absolute Gasteiger partial charge is 0.459 e. The van der Waals surface area contributed by atoms with Gasteiger partial charge in [-0.1, -0.05) is 6.42 Å². The Hall–Kier alpha value is -2.92. The van der Waals surface area contributed by atoms with Crippen LogP contribution in [0.2, 0.25) is 0 Å². The summed E-state index contributed by atoms with van der Waals surface area (Å²) in [5.74, 6) is 0.115. The summed E-state index contributed by atoms with van der Waals surface area (Å²) >= 11 is 0. The second-order valence-electron chi connectivity index (χ2n) is 8.09. The van der Waals surface area contributed by atoms with E-state index in [9.17, 15) is 23.3 Å². The molecule has 2 saturated heterocycles. The number of nitrogens with zero attached hydrogens (tertiary/aromatic N) is 3. The normalized spacial score (nSPS) is 18.4. The topological polar surface area (TPSA) is 126 Å². The summed E-state index contributed by atoms with van der Waals surface area (Å²) in [5, 5.41) is 14.9. The summed E-state index contributed by atoms with van der Waals surface area (Å²) in [6, 6.07) is 7.25. The van der Waals surface area contributed by atoms with Crippen molar-refractivity contribution < 1.29 is 22.6 Å². The molecule has 0 radical (unpaired) electrons. The Morgan fingerprint density at radius 2 is 1.81 bits per heavy atom. The summed E-state index contributed by atoms with van der Waals surface area (Å²) in [4.78, 5) is 25.2. The molecule has 1 amide bonds. The minimum absolute atomic E-state index is 0.0597. The van der Waals surface area contributed by atoms with Gasteiger partial charge in [0.2, 0.25) is 10.0 Å². The number of likely N-dealkylation sites (tertiary alicyclic amines) is 1. The molecule has 10 nitrogen and oxygen atoms in total. The van der Waals surface area contributed by atoms with E-state index in [-0.39, 0.29) is 34.0 Å². The number of hydrogen-bond acceptors (Lipinski definition) is 7. The van der Waals surface area contributed by atoms with Crippen LogP contribution in [0.25, 0.3) is 0 Å². The number of carbonyl (C=O) groups excluding carboxylic acids is 1. The smallest absolute Gasteiger partial charge is 0.293 e. The molecule has 4 rings (SSSR count). The highest BCUT2D eigenvalue weighted by molar-refractivity contribution is 7.89. The first-order valence-electron chi connectivity index (χ1n) is 10.7. The lowest BCUT2D eigenvalue weighted by atomic mass is 10.0. The van der Waals surface area contributed by atoms with E-state index < -0.39 is 14.9 Å². The molecule has 0 bridgehead atoms. The quantitative estimate of drug-likeness (QED) is 0.516. The maximum absolute atomic E-state index is 12.9. The number of nitro benzene ring substituents is 1. The first-order valence-corrected chi connectivity index (χ1v) is 12.2. The van der Waals surface area contributed by atoms with E-state index in [1.54, 1.807) is 17.0 Å². The number of anilines is 1. The van der Waals surface area contributed by atoms with Crippen LogP contribution in [0.3, 0.4) is 0 Å². The maximum Gasteiger partial charge on any atom is 0.293 e. The second kappa shape index (κ2) is 9.29. The zero-order chi connectivity index (χ0) is 22.7. The molecule has 3 heterocycles. The average molecular weight is 463 g/mol. The monoisotopic (exact) mass is 462 g/mol. The van der Waals surface area contributed by atoms with E-state index in [4.69, 9.17) is 4.42 Å². The van der Waals surface area contributed by atoms with Gasteiger partial charge in [0.15, 0.2) is 5.76 Å². The second-order valence-corrected chi connectivity index (χ2v) is 10.0. The van der Waals surface area contributed by atoms with E-state index in [0.29, 0.717) is 39.0 Å². The van der Waals surface area contributed by atoms with Gasteiger partial charge < -0.3 is 14.6 Å². The number of furan rings is 1. The van der Waals surface area contributed by atoms with Gasteiger partial charge in [0, 0.05) is 38.3 Å². The third-order valence-electron chi connectivity index (χ3n) is 5.99. The molecular weight excluding hydrogens is 436 g/mol. The van der Waals surface area contributed by atoms with Crippen LogP contribution in [0.15, 0.2) is 45.9 Å². The fourth-order valence-corrected chi connectivity index (χ4v) is 5.74. The van der Waals surface area contributed by atoms with E-state index >= 15 is 0 Å². The van der Waals surface area contributed by atoms with Crippen LogP contribution >= 0.6 is 0 Å². The van der Waals surface area contributed by atoms with Crippen molar-refractivity contribution in [2.24, 2.45) is 0 Å². The van der Waals surface area contributed by atoms with Crippen LogP contribution in [-0.2, 0) is 10.0 Å². The molecule has 0 atom stereocenters. The molecule has 0 aliphatic carbocycles. The Balaban J connectivity index is 1.45. The van der Waals surface area contributed by atoms with E-state index in [1.165, 1.54) is 22.7 Å². The first-order chi connectivity index (χ1) is 15.4. The van der Waals surface area contributed by atoms with Gasteiger partial charge in [-0.3, -0.25) is 14.9 Å². The number of amides is 1. The van der Waals surface area contributed by atoms with Gasteiger partial charge in [0.25, 0.3) is 11.6 Å². The summed E-state index contributed by atoms with van der Waals surface area (Å²) in [6.07, 6.45) is 5.25. The van der Waals surface area contributed by atoms with Gasteiger partial charge in [-0.2, -0.15) is 4.31 Å². The number of rotatable bonds is 6. The zero-order valence-electron chi connectivity index (χ0n) is 17.6. The van der Waals surface area contributed by atoms with E-state index in [2.05, 4.69) is 5.32 Å². The molecule has 0 saturated carbocycles. The third kappa shape index (κ3) is 4.63. The van der Waals surface area contributed by atoms with Crippen LogP contribution in [0.4, 0.5) is 11.4 Å². The van der Waals surface area contributed by atoms with E-state index in [1.807, 2.05) is 0 Å². The number of benzene rings is 1. The number of piperidine rings is 2. The Bertz CT molecular complexity index is 1070. The van der Waals surface area contributed by atoms with Crippen molar-refractivity contribution in [3.8, 4) is 0 Å². The predicted molar refractivity (Wildman–Crippen MR) is 117 cm³/mol. The molecule has 1 aromatic carbocycles. The fourth-order valence-electron chi connectivity index (χ4n) is 4.20. The average Bonchev–Trinajstić information content (AvgIpc) is 3.35. The van der Waals surface area contributed by atoms with Crippen molar-refractivity contribution in [1.82, 2.24) is 9.21 Å². The number of carbonyl (C=O) groups is 1. The maximum atomic E-state index is 12.9. The Labute approximate surface area is 186 Å². The van der Waals surface area contributed by atoms with Crippen molar-refractivity contribution in [1.29, 1.82) is 0 Å². The predicted octanol–water partition coefficient (Wildman–Crippen LogP) is 3.08. The number of nitrogens with one attached hydrogen (secondary N) is 1. The summed E-state index contributed by atoms with van der Waals surface area (Å²) in [5.41, 5.74) is 0.0144. The molecule has 2 aromatic rings. The minimum atomic E-state index is -3.76.